The molecule has 0 amide bonds. The van der Waals surface area contributed by atoms with Crippen molar-refractivity contribution >= 4 is 0 Å². The molecule has 1 unspecified atom stereocenters. The maximum atomic E-state index is 3.61. The van der Waals surface area contributed by atoms with Gasteiger partial charge in [-0.25, -0.2) is 0 Å². The second-order valence-corrected chi connectivity index (χ2v) is 7.04. The zero-order valence-corrected chi connectivity index (χ0v) is 13.8. The van der Waals surface area contributed by atoms with Gasteiger partial charge in [-0.05, 0) is 50.6 Å². The SMILES string of the molecule is CCCNCC(C)(CC)CN(C)CC1CCCCC1. The van der Waals surface area contributed by atoms with E-state index in [4.69, 9.17) is 0 Å². The summed E-state index contributed by atoms with van der Waals surface area (Å²) in [5, 5.41) is 3.61. The van der Waals surface area contributed by atoms with Crippen molar-refractivity contribution in [2.75, 3.05) is 33.2 Å². The molecule has 1 rings (SSSR count). The molecule has 2 heteroatoms. The Balaban J connectivity index is 2.31. The van der Waals surface area contributed by atoms with E-state index >= 15 is 0 Å². The van der Waals surface area contributed by atoms with Crippen LogP contribution in [-0.4, -0.2) is 38.1 Å². The molecule has 0 heterocycles. The highest BCUT2D eigenvalue weighted by atomic mass is 15.1. The minimum atomic E-state index is 0.429. The van der Waals surface area contributed by atoms with Crippen LogP contribution in [0, 0.1) is 11.3 Å². The Morgan fingerprint density at radius 1 is 1.16 bits per heavy atom. The first-order valence-corrected chi connectivity index (χ1v) is 8.49. The molecule has 0 bridgehead atoms. The Morgan fingerprint density at radius 2 is 1.84 bits per heavy atom. The highest BCUT2D eigenvalue weighted by molar-refractivity contribution is 4.80. The molecule has 1 fully saturated rings. The van der Waals surface area contributed by atoms with Crippen molar-refractivity contribution in [1.82, 2.24) is 10.2 Å². The molecule has 0 aromatic rings. The smallest absolute Gasteiger partial charge is 0.00444 e. The van der Waals surface area contributed by atoms with E-state index in [2.05, 4.69) is 38.0 Å². The van der Waals surface area contributed by atoms with Crippen molar-refractivity contribution in [3.05, 3.63) is 0 Å². The second kappa shape index (κ2) is 8.97. The second-order valence-electron chi connectivity index (χ2n) is 7.04. The number of nitrogens with zero attached hydrogens (tertiary/aromatic N) is 1. The van der Waals surface area contributed by atoms with E-state index in [1.54, 1.807) is 0 Å². The Morgan fingerprint density at radius 3 is 2.42 bits per heavy atom. The molecule has 1 N–H and O–H groups in total. The summed E-state index contributed by atoms with van der Waals surface area (Å²) in [5.74, 6) is 0.962. The van der Waals surface area contributed by atoms with Crippen LogP contribution in [-0.2, 0) is 0 Å². The molecule has 0 radical (unpaired) electrons. The van der Waals surface area contributed by atoms with Gasteiger partial charge in [0.1, 0.15) is 0 Å². The van der Waals surface area contributed by atoms with E-state index in [-0.39, 0.29) is 0 Å². The first-order chi connectivity index (χ1) is 9.09. The number of nitrogens with one attached hydrogen (secondary N) is 1. The van der Waals surface area contributed by atoms with Gasteiger partial charge in [0, 0.05) is 19.6 Å². The van der Waals surface area contributed by atoms with Gasteiger partial charge >= 0.3 is 0 Å². The molecule has 1 aliphatic rings. The van der Waals surface area contributed by atoms with Crippen molar-refractivity contribution in [1.29, 1.82) is 0 Å². The Labute approximate surface area is 121 Å². The lowest BCUT2D eigenvalue weighted by Gasteiger charge is -2.35. The lowest BCUT2D eigenvalue weighted by atomic mass is 9.85. The molecule has 0 spiro atoms. The van der Waals surface area contributed by atoms with Crippen LogP contribution in [0.1, 0.15) is 65.7 Å². The van der Waals surface area contributed by atoms with Crippen LogP contribution in [0.4, 0.5) is 0 Å². The van der Waals surface area contributed by atoms with Crippen molar-refractivity contribution in [2.45, 2.75) is 65.7 Å². The standard InChI is InChI=1S/C17H36N2/c1-5-12-18-14-17(3,6-2)15-19(4)13-16-10-8-7-9-11-16/h16,18H,5-15H2,1-4H3. The van der Waals surface area contributed by atoms with Crippen LogP contribution >= 0.6 is 0 Å². The number of hydrogen-bond donors (Lipinski definition) is 1. The maximum absolute atomic E-state index is 3.61. The van der Waals surface area contributed by atoms with Gasteiger partial charge in [-0.1, -0.05) is 40.0 Å². The zero-order chi connectivity index (χ0) is 14.1. The average molecular weight is 268 g/mol. The van der Waals surface area contributed by atoms with Crippen LogP contribution in [0.2, 0.25) is 0 Å². The van der Waals surface area contributed by atoms with Crippen LogP contribution in [0.3, 0.4) is 0 Å². The van der Waals surface area contributed by atoms with Gasteiger partial charge in [-0.3, -0.25) is 0 Å². The molecule has 0 saturated heterocycles. The lowest BCUT2D eigenvalue weighted by molar-refractivity contribution is 0.151. The molecule has 0 aromatic carbocycles. The van der Waals surface area contributed by atoms with Crippen molar-refractivity contribution < 1.29 is 0 Å². The van der Waals surface area contributed by atoms with E-state index in [9.17, 15) is 0 Å². The Hall–Kier alpha value is -0.0800. The fourth-order valence-electron chi connectivity index (χ4n) is 3.39. The van der Waals surface area contributed by atoms with Crippen molar-refractivity contribution in [2.24, 2.45) is 11.3 Å². The van der Waals surface area contributed by atoms with Gasteiger partial charge in [-0.15, -0.1) is 0 Å². The van der Waals surface area contributed by atoms with Gasteiger partial charge in [0.15, 0.2) is 0 Å². The Kier molecular flexibility index (Phi) is 8.01. The molecule has 0 aliphatic heterocycles. The van der Waals surface area contributed by atoms with Crippen molar-refractivity contribution in [3.63, 3.8) is 0 Å². The minimum absolute atomic E-state index is 0.429. The lowest BCUT2D eigenvalue weighted by Crippen LogP contribution is -2.42. The maximum Gasteiger partial charge on any atom is 0.00444 e. The third kappa shape index (κ3) is 6.76. The normalized spacial score (nSPS) is 20.7. The van der Waals surface area contributed by atoms with Crippen LogP contribution in [0.15, 0.2) is 0 Å². The van der Waals surface area contributed by atoms with E-state index < -0.39 is 0 Å². The molecule has 1 saturated carbocycles. The molecular formula is C17H36N2. The number of hydrogen-bond acceptors (Lipinski definition) is 2. The molecule has 0 aromatic heterocycles. The Bertz CT molecular complexity index is 223. The van der Waals surface area contributed by atoms with Gasteiger partial charge in [0.25, 0.3) is 0 Å². The molecule has 19 heavy (non-hydrogen) atoms. The molecular weight excluding hydrogens is 232 g/mol. The van der Waals surface area contributed by atoms with Crippen LogP contribution in [0.25, 0.3) is 0 Å². The van der Waals surface area contributed by atoms with Crippen molar-refractivity contribution in [3.8, 4) is 0 Å². The van der Waals surface area contributed by atoms with Gasteiger partial charge < -0.3 is 10.2 Å². The summed E-state index contributed by atoms with van der Waals surface area (Å²) in [6, 6.07) is 0. The van der Waals surface area contributed by atoms with Crippen LogP contribution < -0.4 is 5.32 Å². The van der Waals surface area contributed by atoms with E-state index in [0.717, 1.165) is 19.0 Å². The third-order valence-electron chi connectivity index (χ3n) is 4.78. The summed E-state index contributed by atoms with van der Waals surface area (Å²) in [6.07, 6.45) is 9.80. The van der Waals surface area contributed by atoms with Gasteiger partial charge in [-0.2, -0.15) is 0 Å². The topological polar surface area (TPSA) is 15.3 Å². The summed E-state index contributed by atoms with van der Waals surface area (Å²) in [4.78, 5) is 2.59. The van der Waals surface area contributed by atoms with Gasteiger partial charge in [0.05, 0.1) is 0 Å². The fourth-order valence-corrected chi connectivity index (χ4v) is 3.39. The third-order valence-corrected chi connectivity index (χ3v) is 4.78. The summed E-state index contributed by atoms with van der Waals surface area (Å²) < 4.78 is 0. The molecule has 1 atom stereocenters. The predicted octanol–water partition coefficient (Wildman–Crippen LogP) is 3.91. The molecule has 1 aliphatic carbocycles. The molecule has 114 valence electrons. The summed E-state index contributed by atoms with van der Waals surface area (Å²) in [6.45, 7) is 11.9. The first kappa shape index (κ1) is 17.0. The van der Waals surface area contributed by atoms with E-state index in [0.29, 0.717) is 5.41 Å². The average Bonchev–Trinajstić information content (AvgIpc) is 2.40. The summed E-state index contributed by atoms with van der Waals surface area (Å²) in [5.41, 5.74) is 0.429. The predicted molar refractivity (Wildman–Crippen MR) is 85.6 cm³/mol. The quantitative estimate of drug-likeness (QED) is 0.638. The van der Waals surface area contributed by atoms with Gasteiger partial charge in [0.2, 0.25) is 0 Å². The van der Waals surface area contributed by atoms with E-state index in [1.165, 1.54) is 58.0 Å². The largest absolute Gasteiger partial charge is 0.316 e. The highest BCUT2D eigenvalue weighted by Crippen LogP contribution is 2.26. The minimum Gasteiger partial charge on any atom is -0.316 e. The fraction of sp³-hybridized carbons (Fsp3) is 1.00. The first-order valence-electron chi connectivity index (χ1n) is 8.49. The van der Waals surface area contributed by atoms with Crippen LogP contribution in [0.5, 0.6) is 0 Å². The monoisotopic (exact) mass is 268 g/mol. The summed E-state index contributed by atoms with van der Waals surface area (Å²) >= 11 is 0. The van der Waals surface area contributed by atoms with E-state index in [1.807, 2.05) is 0 Å². The zero-order valence-electron chi connectivity index (χ0n) is 13.8. The highest BCUT2D eigenvalue weighted by Gasteiger charge is 2.25. The number of rotatable bonds is 9. The molecule has 2 nitrogen and oxygen atoms in total. The summed E-state index contributed by atoms with van der Waals surface area (Å²) in [7, 11) is 2.32.